The zero-order valence-corrected chi connectivity index (χ0v) is 18.0. The number of benzene rings is 2. The number of aryl methyl sites for hydroxylation is 1. The normalized spacial score (nSPS) is 14.2. The highest BCUT2D eigenvalue weighted by Crippen LogP contribution is 2.25. The topological polar surface area (TPSA) is 41.4 Å². The molecular weight excluding hydrogens is 399 g/mol. The molecule has 3 aromatic rings. The molecule has 0 bridgehead atoms. The fraction of sp³-hybridized carbons (Fsp3) is 0.304. The fourth-order valence-electron chi connectivity index (χ4n) is 3.66. The molecule has 4 rings (SSSR count). The lowest BCUT2D eigenvalue weighted by atomic mass is 10.1. The van der Waals surface area contributed by atoms with E-state index in [0.29, 0.717) is 18.8 Å². The van der Waals surface area contributed by atoms with Crippen LogP contribution in [0.15, 0.2) is 60.0 Å². The Morgan fingerprint density at radius 3 is 2.53 bits per heavy atom. The first-order valence-electron chi connectivity index (χ1n) is 10.0. The summed E-state index contributed by atoms with van der Waals surface area (Å²) in [5, 5.41) is 0.821. The van der Waals surface area contributed by atoms with Crippen molar-refractivity contribution in [3.63, 3.8) is 0 Å². The average molecular weight is 425 g/mol. The smallest absolute Gasteiger partial charge is 0.233 e. The summed E-state index contributed by atoms with van der Waals surface area (Å²) in [5.74, 6) is 0.247. The van der Waals surface area contributed by atoms with Crippen molar-refractivity contribution in [3.8, 4) is 5.69 Å². The number of piperazine rings is 1. The summed E-state index contributed by atoms with van der Waals surface area (Å²) in [5.41, 5.74) is 4.52. The molecule has 1 amide bonds. The minimum atomic E-state index is -0.233. The first-order chi connectivity index (χ1) is 14.5. The highest BCUT2D eigenvalue weighted by atomic mass is 32.2. The molecule has 1 aromatic heterocycles. The van der Waals surface area contributed by atoms with Crippen LogP contribution >= 0.6 is 11.8 Å². The zero-order valence-electron chi connectivity index (χ0n) is 17.2. The Labute approximate surface area is 180 Å². The van der Waals surface area contributed by atoms with Crippen molar-refractivity contribution in [1.29, 1.82) is 0 Å². The number of nitrogens with zero attached hydrogens (tertiary/aromatic N) is 4. The number of carbonyl (C=O) groups excluding carboxylic acids is 1. The van der Waals surface area contributed by atoms with Gasteiger partial charge in [-0.1, -0.05) is 23.9 Å². The van der Waals surface area contributed by atoms with Gasteiger partial charge in [0.1, 0.15) is 5.82 Å². The van der Waals surface area contributed by atoms with Crippen molar-refractivity contribution >= 4 is 23.4 Å². The van der Waals surface area contributed by atoms with Crippen LogP contribution in [0.25, 0.3) is 5.69 Å². The number of hydrogen-bond acceptors (Lipinski definition) is 4. The third-order valence-electron chi connectivity index (χ3n) is 5.59. The Kier molecular flexibility index (Phi) is 6.08. The van der Waals surface area contributed by atoms with Crippen molar-refractivity contribution in [2.75, 3.05) is 36.8 Å². The third-order valence-corrected chi connectivity index (χ3v) is 6.54. The van der Waals surface area contributed by atoms with Crippen LogP contribution in [0.2, 0.25) is 0 Å². The second-order valence-electron chi connectivity index (χ2n) is 7.43. The molecule has 0 aliphatic carbocycles. The van der Waals surface area contributed by atoms with Gasteiger partial charge in [-0.25, -0.2) is 9.37 Å². The molecule has 1 fully saturated rings. The van der Waals surface area contributed by atoms with Crippen molar-refractivity contribution in [1.82, 2.24) is 14.5 Å². The van der Waals surface area contributed by atoms with E-state index >= 15 is 0 Å². The van der Waals surface area contributed by atoms with Crippen LogP contribution in [-0.4, -0.2) is 52.3 Å². The molecule has 5 nitrogen and oxygen atoms in total. The van der Waals surface area contributed by atoms with Gasteiger partial charge in [0.2, 0.25) is 5.91 Å². The van der Waals surface area contributed by atoms with Gasteiger partial charge in [-0.2, -0.15) is 0 Å². The first kappa shape index (κ1) is 20.5. The van der Waals surface area contributed by atoms with Crippen LogP contribution < -0.4 is 4.90 Å². The lowest BCUT2D eigenvalue weighted by molar-refractivity contribution is -0.128. The molecule has 2 heterocycles. The number of thioether (sulfide) groups is 1. The van der Waals surface area contributed by atoms with Gasteiger partial charge in [0.25, 0.3) is 0 Å². The molecule has 1 aliphatic rings. The Hall–Kier alpha value is -2.80. The molecule has 0 N–H and O–H groups in total. The van der Waals surface area contributed by atoms with Gasteiger partial charge in [-0.15, -0.1) is 0 Å². The van der Waals surface area contributed by atoms with Crippen LogP contribution in [0.5, 0.6) is 0 Å². The predicted molar refractivity (Wildman–Crippen MR) is 119 cm³/mol. The lowest BCUT2D eigenvalue weighted by Gasteiger charge is -2.36. The van der Waals surface area contributed by atoms with E-state index in [1.807, 2.05) is 21.7 Å². The predicted octanol–water partition coefficient (Wildman–Crippen LogP) is 4.07. The summed E-state index contributed by atoms with van der Waals surface area (Å²) in [7, 11) is 0. The highest BCUT2D eigenvalue weighted by molar-refractivity contribution is 7.99. The molecular formula is C23H25FN4OS. The summed E-state index contributed by atoms with van der Waals surface area (Å²) in [4.78, 5) is 21.3. The van der Waals surface area contributed by atoms with Crippen molar-refractivity contribution < 1.29 is 9.18 Å². The SMILES string of the molecule is Cc1cccc(-n2ccnc2SCC(=O)N2CCN(c3ccc(F)cc3)CC2)c1C. The van der Waals surface area contributed by atoms with Crippen LogP contribution in [0.4, 0.5) is 10.1 Å². The van der Waals surface area contributed by atoms with E-state index in [9.17, 15) is 9.18 Å². The van der Waals surface area contributed by atoms with E-state index in [2.05, 4.69) is 35.9 Å². The second kappa shape index (κ2) is 8.92. The standard InChI is InChI=1S/C23H25FN4OS/c1-17-4-3-5-21(18(17)2)28-11-10-25-23(28)30-16-22(29)27-14-12-26(13-15-27)20-8-6-19(24)7-9-20/h3-11H,12-16H2,1-2H3. The molecule has 2 aromatic carbocycles. The van der Waals surface area contributed by atoms with E-state index in [0.717, 1.165) is 29.6 Å². The van der Waals surface area contributed by atoms with Gasteiger partial charge in [0.05, 0.1) is 11.4 Å². The van der Waals surface area contributed by atoms with Gasteiger partial charge in [0.15, 0.2) is 5.16 Å². The molecule has 1 saturated heterocycles. The van der Waals surface area contributed by atoms with Crippen LogP contribution in [0.1, 0.15) is 11.1 Å². The number of aromatic nitrogens is 2. The quantitative estimate of drug-likeness (QED) is 0.579. The zero-order chi connectivity index (χ0) is 21.1. The number of halogens is 1. The fourth-order valence-corrected chi connectivity index (χ4v) is 4.53. The van der Waals surface area contributed by atoms with Crippen molar-refractivity contribution in [2.45, 2.75) is 19.0 Å². The monoisotopic (exact) mass is 424 g/mol. The van der Waals surface area contributed by atoms with Gasteiger partial charge >= 0.3 is 0 Å². The third kappa shape index (κ3) is 4.36. The molecule has 7 heteroatoms. The number of imidazole rings is 1. The minimum absolute atomic E-state index is 0.120. The summed E-state index contributed by atoms with van der Waals surface area (Å²) in [6.45, 7) is 7.03. The number of anilines is 1. The molecule has 0 saturated carbocycles. The summed E-state index contributed by atoms with van der Waals surface area (Å²) in [6, 6.07) is 12.7. The van der Waals surface area contributed by atoms with E-state index < -0.39 is 0 Å². The van der Waals surface area contributed by atoms with Gasteiger partial charge in [-0.05, 0) is 55.3 Å². The van der Waals surface area contributed by atoms with Gasteiger partial charge in [-0.3, -0.25) is 9.36 Å². The maximum absolute atomic E-state index is 13.1. The van der Waals surface area contributed by atoms with E-state index in [4.69, 9.17) is 0 Å². The molecule has 1 aliphatic heterocycles. The summed E-state index contributed by atoms with van der Waals surface area (Å²) in [6.07, 6.45) is 3.71. The molecule has 0 unspecified atom stereocenters. The Bertz CT molecular complexity index is 1030. The van der Waals surface area contributed by atoms with Gasteiger partial charge in [0, 0.05) is 44.3 Å². The average Bonchev–Trinajstić information content (AvgIpc) is 3.23. The van der Waals surface area contributed by atoms with Crippen LogP contribution in [-0.2, 0) is 4.79 Å². The number of hydrogen-bond donors (Lipinski definition) is 0. The molecule has 0 spiro atoms. The van der Waals surface area contributed by atoms with Crippen molar-refractivity contribution in [3.05, 3.63) is 71.8 Å². The number of carbonyl (C=O) groups is 1. The second-order valence-corrected chi connectivity index (χ2v) is 8.37. The van der Waals surface area contributed by atoms with Crippen molar-refractivity contribution in [2.24, 2.45) is 0 Å². The maximum Gasteiger partial charge on any atom is 0.233 e. The van der Waals surface area contributed by atoms with Crippen LogP contribution in [0, 0.1) is 19.7 Å². The Morgan fingerprint density at radius 1 is 1.07 bits per heavy atom. The Balaban J connectivity index is 1.35. The highest BCUT2D eigenvalue weighted by Gasteiger charge is 2.22. The van der Waals surface area contributed by atoms with Gasteiger partial charge < -0.3 is 9.80 Å². The summed E-state index contributed by atoms with van der Waals surface area (Å²) >= 11 is 1.47. The minimum Gasteiger partial charge on any atom is -0.368 e. The molecule has 0 atom stereocenters. The molecule has 30 heavy (non-hydrogen) atoms. The van der Waals surface area contributed by atoms with Crippen LogP contribution in [0.3, 0.4) is 0 Å². The maximum atomic E-state index is 13.1. The van der Waals surface area contributed by atoms with E-state index in [1.165, 1.54) is 35.0 Å². The Morgan fingerprint density at radius 2 is 1.80 bits per heavy atom. The number of rotatable bonds is 5. The summed E-state index contributed by atoms with van der Waals surface area (Å²) < 4.78 is 15.2. The molecule has 156 valence electrons. The van der Waals surface area contributed by atoms with E-state index in [1.54, 1.807) is 18.3 Å². The van der Waals surface area contributed by atoms with E-state index in [-0.39, 0.29) is 11.7 Å². The largest absolute Gasteiger partial charge is 0.368 e. The molecule has 0 radical (unpaired) electrons. The number of amides is 1. The first-order valence-corrected chi connectivity index (χ1v) is 11.0. The lowest BCUT2D eigenvalue weighted by Crippen LogP contribution is -2.49.